The molecule has 1 aromatic rings. The second-order valence-corrected chi connectivity index (χ2v) is 6.72. The quantitative estimate of drug-likeness (QED) is 0.908. The Kier molecular flexibility index (Phi) is 4.81. The number of aliphatic carboxylic acids is 1. The summed E-state index contributed by atoms with van der Waals surface area (Å²) >= 11 is 1.65. The van der Waals surface area contributed by atoms with Gasteiger partial charge in [-0.15, -0.1) is 11.3 Å². The highest BCUT2D eigenvalue weighted by Gasteiger charge is 2.36. The second kappa shape index (κ2) is 6.39. The van der Waals surface area contributed by atoms with Gasteiger partial charge in [0.15, 0.2) is 0 Å². The Hall–Kier alpha value is -1.36. The summed E-state index contributed by atoms with van der Waals surface area (Å²) in [6.07, 6.45) is 1.81. The van der Waals surface area contributed by atoms with E-state index in [2.05, 4.69) is 0 Å². The molecule has 1 fully saturated rings. The maximum absolute atomic E-state index is 12.6. The third kappa shape index (κ3) is 3.39. The van der Waals surface area contributed by atoms with Gasteiger partial charge in [-0.1, -0.05) is 6.07 Å². The monoisotopic (exact) mass is 295 g/mol. The standard InChI is InChI=1S/C15H21NO3S/c1-10(2)16(9-13-4-3-7-20-13)14(17)11-5-6-12(8-11)15(18)19/h3-4,7,10-12H,5-6,8-9H2,1-2H3,(H,18,19). The van der Waals surface area contributed by atoms with Crippen molar-refractivity contribution in [3.8, 4) is 0 Å². The highest BCUT2D eigenvalue weighted by molar-refractivity contribution is 7.09. The average molecular weight is 295 g/mol. The van der Waals surface area contributed by atoms with Crippen molar-refractivity contribution in [1.29, 1.82) is 0 Å². The first kappa shape index (κ1) is 15.0. The predicted octanol–water partition coefficient (Wildman–Crippen LogP) is 2.99. The number of carboxylic acid groups (broad SMARTS) is 1. The molecular weight excluding hydrogens is 274 g/mol. The largest absolute Gasteiger partial charge is 0.481 e. The lowest BCUT2D eigenvalue weighted by Gasteiger charge is -2.29. The predicted molar refractivity (Wildman–Crippen MR) is 78.5 cm³/mol. The fourth-order valence-corrected chi connectivity index (χ4v) is 3.45. The third-order valence-corrected chi connectivity index (χ3v) is 4.80. The van der Waals surface area contributed by atoms with E-state index in [4.69, 9.17) is 5.11 Å². The molecular formula is C15H21NO3S. The molecule has 0 aromatic carbocycles. The van der Waals surface area contributed by atoms with Crippen molar-refractivity contribution in [2.24, 2.45) is 11.8 Å². The number of rotatable bonds is 5. The molecule has 4 nitrogen and oxygen atoms in total. The number of carboxylic acids is 1. The van der Waals surface area contributed by atoms with E-state index in [1.807, 2.05) is 36.3 Å². The molecule has 5 heteroatoms. The fraction of sp³-hybridized carbons (Fsp3) is 0.600. The van der Waals surface area contributed by atoms with Crippen molar-refractivity contribution < 1.29 is 14.7 Å². The van der Waals surface area contributed by atoms with Gasteiger partial charge in [0, 0.05) is 16.8 Å². The van der Waals surface area contributed by atoms with Crippen LogP contribution in [0.4, 0.5) is 0 Å². The van der Waals surface area contributed by atoms with E-state index < -0.39 is 5.97 Å². The van der Waals surface area contributed by atoms with E-state index in [-0.39, 0.29) is 23.8 Å². The molecule has 2 unspecified atom stereocenters. The molecule has 1 amide bonds. The van der Waals surface area contributed by atoms with Gasteiger partial charge in [-0.05, 0) is 44.6 Å². The van der Waals surface area contributed by atoms with Crippen molar-refractivity contribution in [2.45, 2.75) is 45.7 Å². The van der Waals surface area contributed by atoms with Crippen molar-refractivity contribution >= 4 is 23.2 Å². The second-order valence-electron chi connectivity index (χ2n) is 5.68. The summed E-state index contributed by atoms with van der Waals surface area (Å²) in [6, 6.07) is 4.15. The zero-order valence-electron chi connectivity index (χ0n) is 11.9. The van der Waals surface area contributed by atoms with Crippen LogP contribution in [-0.2, 0) is 16.1 Å². The summed E-state index contributed by atoms with van der Waals surface area (Å²) in [5.74, 6) is -1.13. The molecule has 0 bridgehead atoms. The minimum absolute atomic E-state index is 0.108. The Balaban J connectivity index is 2.02. The Labute approximate surface area is 123 Å². The number of amides is 1. The van der Waals surface area contributed by atoms with Crippen LogP contribution in [0.1, 0.15) is 38.0 Å². The number of carbonyl (C=O) groups is 2. The molecule has 1 N–H and O–H groups in total. The van der Waals surface area contributed by atoms with Crippen LogP contribution in [0, 0.1) is 11.8 Å². The van der Waals surface area contributed by atoms with Crippen molar-refractivity contribution in [3.63, 3.8) is 0 Å². The van der Waals surface area contributed by atoms with E-state index >= 15 is 0 Å². The highest BCUT2D eigenvalue weighted by Crippen LogP contribution is 2.33. The van der Waals surface area contributed by atoms with Crippen molar-refractivity contribution in [3.05, 3.63) is 22.4 Å². The normalized spacial score (nSPS) is 22.1. The molecule has 2 atom stereocenters. The Morgan fingerprint density at radius 3 is 2.60 bits per heavy atom. The van der Waals surface area contributed by atoms with E-state index in [9.17, 15) is 9.59 Å². The number of hydrogen-bond acceptors (Lipinski definition) is 3. The van der Waals surface area contributed by atoms with Gasteiger partial charge >= 0.3 is 5.97 Å². The molecule has 2 rings (SSSR count). The van der Waals surface area contributed by atoms with Crippen LogP contribution in [0.5, 0.6) is 0 Å². The molecule has 1 aliphatic rings. The van der Waals surface area contributed by atoms with Crippen LogP contribution >= 0.6 is 11.3 Å². The fourth-order valence-electron chi connectivity index (χ4n) is 2.75. The van der Waals surface area contributed by atoms with Gasteiger partial charge in [-0.3, -0.25) is 9.59 Å². The first-order valence-electron chi connectivity index (χ1n) is 7.04. The summed E-state index contributed by atoms with van der Waals surface area (Å²) in [7, 11) is 0. The zero-order chi connectivity index (χ0) is 14.7. The molecule has 1 aromatic heterocycles. The van der Waals surface area contributed by atoms with Gasteiger partial charge in [0.2, 0.25) is 5.91 Å². The Bertz CT molecular complexity index is 469. The lowest BCUT2D eigenvalue weighted by molar-refractivity contribution is -0.142. The minimum atomic E-state index is -0.769. The molecule has 0 saturated heterocycles. The Morgan fingerprint density at radius 2 is 2.10 bits per heavy atom. The van der Waals surface area contributed by atoms with E-state index in [0.29, 0.717) is 25.8 Å². The van der Waals surface area contributed by atoms with Crippen LogP contribution in [0.15, 0.2) is 17.5 Å². The van der Waals surface area contributed by atoms with Gasteiger partial charge < -0.3 is 10.0 Å². The van der Waals surface area contributed by atoms with E-state index in [0.717, 1.165) is 0 Å². The smallest absolute Gasteiger partial charge is 0.306 e. The summed E-state index contributed by atoms with van der Waals surface area (Å²) in [5, 5.41) is 11.1. The third-order valence-electron chi connectivity index (χ3n) is 3.94. The summed E-state index contributed by atoms with van der Waals surface area (Å²) in [6.45, 7) is 4.65. The molecule has 1 heterocycles. The van der Waals surface area contributed by atoms with E-state index in [1.165, 1.54) is 4.88 Å². The molecule has 0 spiro atoms. The van der Waals surface area contributed by atoms with Crippen LogP contribution in [-0.4, -0.2) is 27.9 Å². The van der Waals surface area contributed by atoms with Crippen LogP contribution < -0.4 is 0 Å². The van der Waals surface area contributed by atoms with Gasteiger partial charge in [0.05, 0.1) is 12.5 Å². The van der Waals surface area contributed by atoms with Gasteiger partial charge in [0.25, 0.3) is 0 Å². The SMILES string of the molecule is CC(C)N(Cc1cccs1)C(=O)C1CCC(C(=O)O)C1. The topological polar surface area (TPSA) is 57.6 Å². The zero-order valence-corrected chi connectivity index (χ0v) is 12.7. The van der Waals surface area contributed by atoms with Crippen LogP contribution in [0.2, 0.25) is 0 Å². The minimum Gasteiger partial charge on any atom is -0.481 e. The van der Waals surface area contributed by atoms with Crippen molar-refractivity contribution in [2.75, 3.05) is 0 Å². The average Bonchev–Trinajstić information content (AvgIpc) is 3.06. The van der Waals surface area contributed by atoms with Crippen molar-refractivity contribution in [1.82, 2.24) is 4.90 Å². The number of thiophene rings is 1. The van der Waals surface area contributed by atoms with Crippen LogP contribution in [0.25, 0.3) is 0 Å². The summed E-state index contributed by atoms with van der Waals surface area (Å²) < 4.78 is 0. The molecule has 1 aliphatic carbocycles. The highest BCUT2D eigenvalue weighted by atomic mass is 32.1. The molecule has 0 aliphatic heterocycles. The number of carbonyl (C=O) groups excluding carboxylic acids is 1. The van der Waals surface area contributed by atoms with Gasteiger partial charge in [-0.2, -0.15) is 0 Å². The maximum atomic E-state index is 12.6. The number of hydrogen-bond donors (Lipinski definition) is 1. The first-order chi connectivity index (χ1) is 9.49. The Morgan fingerprint density at radius 1 is 1.40 bits per heavy atom. The maximum Gasteiger partial charge on any atom is 0.306 e. The lowest BCUT2D eigenvalue weighted by Crippen LogP contribution is -2.39. The van der Waals surface area contributed by atoms with Gasteiger partial charge in [0.1, 0.15) is 0 Å². The molecule has 110 valence electrons. The van der Waals surface area contributed by atoms with Crippen LogP contribution in [0.3, 0.4) is 0 Å². The van der Waals surface area contributed by atoms with E-state index in [1.54, 1.807) is 11.3 Å². The lowest BCUT2D eigenvalue weighted by atomic mass is 10.0. The summed E-state index contributed by atoms with van der Waals surface area (Å²) in [4.78, 5) is 26.7. The summed E-state index contributed by atoms with van der Waals surface area (Å²) in [5.41, 5.74) is 0. The van der Waals surface area contributed by atoms with Gasteiger partial charge in [-0.25, -0.2) is 0 Å². The molecule has 0 radical (unpaired) electrons. The molecule has 1 saturated carbocycles. The molecule has 20 heavy (non-hydrogen) atoms. The number of nitrogens with zero attached hydrogens (tertiary/aromatic N) is 1. The first-order valence-corrected chi connectivity index (χ1v) is 7.92.